The molecular formula is C9H13FO6. The number of carbonyl (C=O) groups is 2. The molecule has 1 aliphatic heterocycles. The van der Waals surface area contributed by atoms with Crippen LogP contribution in [0.1, 0.15) is 13.8 Å². The van der Waals surface area contributed by atoms with Gasteiger partial charge in [-0.25, -0.2) is 4.39 Å². The maximum atomic E-state index is 13.5. The van der Waals surface area contributed by atoms with Gasteiger partial charge in [0.05, 0.1) is 6.61 Å². The number of aliphatic hydroxyl groups is 1. The van der Waals surface area contributed by atoms with E-state index in [2.05, 4.69) is 9.47 Å². The lowest BCUT2D eigenvalue weighted by Gasteiger charge is -2.35. The van der Waals surface area contributed by atoms with E-state index in [0.29, 0.717) is 0 Å². The Morgan fingerprint density at radius 1 is 1.31 bits per heavy atom. The van der Waals surface area contributed by atoms with Crippen molar-refractivity contribution in [2.24, 2.45) is 0 Å². The summed E-state index contributed by atoms with van der Waals surface area (Å²) in [5, 5.41) is 9.08. The minimum atomic E-state index is -1.94. The molecule has 0 spiro atoms. The van der Waals surface area contributed by atoms with Crippen LogP contribution in [0.2, 0.25) is 0 Å². The van der Waals surface area contributed by atoms with Gasteiger partial charge in [0.15, 0.2) is 24.7 Å². The lowest BCUT2D eigenvalue weighted by Crippen LogP contribution is -2.54. The first-order valence-electron chi connectivity index (χ1n) is 4.70. The highest BCUT2D eigenvalue weighted by atomic mass is 19.1. The average molecular weight is 236 g/mol. The molecular weight excluding hydrogens is 223 g/mol. The van der Waals surface area contributed by atoms with E-state index in [9.17, 15) is 14.0 Å². The average Bonchev–Trinajstić information content (AvgIpc) is 2.16. The molecule has 16 heavy (non-hydrogen) atoms. The summed E-state index contributed by atoms with van der Waals surface area (Å²) in [5.41, 5.74) is 0. The van der Waals surface area contributed by atoms with E-state index in [1.807, 2.05) is 0 Å². The minimum Gasteiger partial charge on any atom is -0.456 e. The molecule has 0 amide bonds. The summed E-state index contributed by atoms with van der Waals surface area (Å²) in [7, 11) is 0. The Kier molecular flexibility index (Phi) is 4.19. The molecule has 0 aromatic rings. The van der Waals surface area contributed by atoms with Crippen molar-refractivity contribution in [2.45, 2.75) is 38.5 Å². The molecule has 0 aromatic carbocycles. The molecule has 0 aromatic heterocycles. The second-order valence-electron chi connectivity index (χ2n) is 3.39. The molecule has 7 heteroatoms. The molecule has 1 heterocycles. The molecule has 6 nitrogen and oxygen atoms in total. The van der Waals surface area contributed by atoms with E-state index in [4.69, 9.17) is 9.84 Å². The second-order valence-corrected chi connectivity index (χ2v) is 3.39. The molecule has 92 valence electrons. The lowest BCUT2D eigenvalue weighted by molar-refractivity contribution is -0.246. The zero-order valence-corrected chi connectivity index (χ0v) is 8.88. The highest BCUT2D eigenvalue weighted by molar-refractivity contribution is 5.67. The number of aliphatic hydroxyl groups excluding tert-OH is 1. The Labute approximate surface area is 91.3 Å². The number of hydrogen-bond acceptors (Lipinski definition) is 6. The summed E-state index contributed by atoms with van der Waals surface area (Å²) in [5.74, 6) is -1.37. The molecule has 1 saturated heterocycles. The number of carbonyl (C=O) groups excluding carboxylic acids is 2. The summed E-state index contributed by atoms with van der Waals surface area (Å²) in [6.45, 7) is 2.02. The molecule has 0 bridgehead atoms. The van der Waals surface area contributed by atoms with E-state index in [1.54, 1.807) is 0 Å². The molecule has 0 aliphatic carbocycles. The van der Waals surface area contributed by atoms with Gasteiger partial charge in [-0.1, -0.05) is 0 Å². The first-order chi connectivity index (χ1) is 7.41. The normalized spacial score (nSPS) is 34.2. The van der Waals surface area contributed by atoms with Crippen molar-refractivity contribution in [1.82, 2.24) is 0 Å². The fraction of sp³-hybridized carbons (Fsp3) is 0.778. The standard InChI is InChI=1S/C9H13FO6/c1-4(11)15-6-3-14-9(13)7(10)8(6)16-5(2)12/h6-9,13H,3H2,1-2H3. The number of hydrogen-bond donors (Lipinski definition) is 1. The van der Waals surface area contributed by atoms with Gasteiger partial charge in [0, 0.05) is 13.8 Å². The van der Waals surface area contributed by atoms with Gasteiger partial charge < -0.3 is 19.3 Å². The Bertz CT molecular complexity index is 281. The Hall–Kier alpha value is -1.21. The van der Waals surface area contributed by atoms with Crippen molar-refractivity contribution < 1.29 is 33.3 Å². The zero-order chi connectivity index (χ0) is 12.3. The van der Waals surface area contributed by atoms with Crippen LogP contribution in [0.4, 0.5) is 4.39 Å². The molecule has 4 unspecified atom stereocenters. The third-order valence-electron chi connectivity index (χ3n) is 2.00. The van der Waals surface area contributed by atoms with E-state index in [1.165, 1.54) is 0 Å². The molecule has 0 radical (unpaired) electrons. The first-order valence-corrected chi connectivity index (χ1v) is 4.70. The van der Waals surface area contributed by atoms with Gasteiger partial charge in [-0.05, 0) is 0 Å². The van der Waals surface area contributed by atoms with Crippen molar-refractivity contribution in [2.75, 3.05) is 6.61 Å². The maximum Gasteiger partial charge on any atom is 0.303 e. The number of rotatable bonds is 2. The number of alkyl halides is 1. The largest absolute Gasteiger partial charge is 0.456 e. The van der Waals surface area contributed by atoms with Gasteiger partial charge in [0.1, 0.15) is 0 Å². The molecule has 4 atom stereocenters. The summed E-state index contributed by atoms with van der Waals surface area (Å²) >= 11 is 0. The third-order valence-corrected chi connectivity index (χ3v) is 2.00. The quantitative estimate of drug-likeness (QED) is 0.653. The van der Waals surface area contributed by atoms with Crippen molar-refractivity contribution in [3.8, 4) is 0 Å². The Morgan fingerprint density at radius 2 is 1.88 bits per heavy atom. The number of ether oxygens (including phenoxy) is 3. The second kappa shape index (κ2) is 5.22. The van der Waals surface area contributed by atoms with Gasteiger partial charge >= 0.3 is 11.9 Å². The van der Waals surface area contributed by atoms with Crippen LogP contribution in [0.5, 0.6) is 0 Å². The van der Waals surface area contributed by atoms with Crippen molar-refractivity contribution in [3.63, 3.8) is 0 Å². The number of halogens is 1. The van der Waals surface area contributed by atoms with E-state index in [-0.39, 0.29) is 6.61 Å². The fourth-order valence-corrected chi connectivity index (χ4v) is 1.39. The predicted molar refractivity (Wildman–Crippen MR) is 48.0 cm³/mol. The van der Waals surface area contributed by atoms with Crippen LogP contribution in [0.3, 0.4) is 0 Å². The monoisotopic (exact) mass is 236 g/mol. The zero-order valence-electron chi connectivity index (χ0n) is 8.88. The van der Waals surface area contributed by atoms with E-state index in [0.717, 1.165) is 13.8 Å². The predicted octanol–water partition coefficient (Wildman–Crippen LogP) is -0.464. The Balaban J connectivity index is 2.72. The van der Waals surface area contributed by atoms with Crippen LogP contribution in [-0.2, 0) is 23.8 Å². The highest BCUT2D eigenvalue weighted by Crippen LogP contribution is 2.22. The smallest absolute Gasteiger partial charge is 0.303 e. The minimum absolute atomic E-state index is 0.223. The van der Waals surface area contributed by atoms with Crippen LogP contribution < -0.4 is 0 Å². The van der Waals surface area contributed by atoms with Crippen LogP contribution >= 0.6 is 0 Å². The number of esters is 2. The van der Waals surface area contributed by atoms with Crippen LogP contribution in [0, 0.1) is 0 Å². The highest BCUT2D eigenvalue weighted by Gasteiger charge is 2.44. The van der Waals surface area contributed by atoms with Crippen LogP contribution in [-0.4, -0.2) is 48.3 Å². The Morgan fingerprint density at radius 3 is 2.38 bits per heavy atom. The molecule has 1 N–H and O–H groups in total. The SMILES string of the molecule is CC(=O)OC1COC(O)C(F)C1OC(C)=O. The van der Waals surface area contributed by atoms with Gasteiger partial charge in [0.25, 0.3) is 0 Å². The maximum absolute atomic E-state index is 13.5. The summed E-state index contributed by atoms with van der Waals surface area (Å²) < 4.78 is 27.5. The van der Waals surface area contributed by atoms with Gasteiger partial charge in [0.2, 0.25) is 0 Å². The van der Waals surface area contributed by atoms with Gasteiger partial charge in [-0.3, -0.25) is 9.59 Å². The van der Waals surface area contributed by atoms with Crippen molar-refractivity contribution in [3.05, 3.63) is 0 Å². The molecule has 1 fully saturated rings. The summed E-state index contributed by atoms with van der Waals surface area (Å²) in [6.07, 6.45) is -6.01. The summed E-state index contributed by atoms with van der Waals surface area (Å²) in [4.78, 5) is 21.5. The van der Waals surface area contributed by atoms with Crippen molar-refractivity contribution in [1.29, 1.82) is 0 Å². The van der Waals surface area contributed by atoms with E-state index >= 15 is 0 Å². The lowest BCUT2D eigenvalue weighted by atomic mass is 10.1. The summed E-state index contributed by atoms with van der Waals surface area (Å²) in [6, 6.07) is 0. The molecule has 0 saturated carbocycles. The fourth-order valence-electron chi connectivity index (χ4n) is 1.39. The topological polar surface area (TPSA) is 82.1 Å². The third kappa shape index (κ3) is 3.14. The van der Waals surface area contributed by atoms with Crippen LogP contribution in [0.15, 0.2) is 0 Å². The first kappa shape index (κ1) is 12.9. The molecule has 1 rings (SSSR count). The van der Waals surface area contributed by atoms with E-state index < -0.39 is 36.6 Å². The van der Waals surface area contributed by atoms with Crippen LogP contribution in [0.25, 0.3) is 0 Å². The molecule has 1 aliphatic rings. The van der Waals surface area contributed by atoms with Gasteiger partial charge in [-0.15, -0.1) is 0 Å². The van der Waals surface area contributed by atoms with Crippen molar-refractivity contribution >= 4 is 11.9 Å². The van der Waals surface area contributed by atoms with Gasteiger partial charge in [-0.2, -0.15) is 0 Å².